The molecule has 1 aliphatic heterocycles. The van der Waals surface area contributed by atoms with Crippen molar-refractivity contribution in [3.63, 3.8) is 0 Å². The van der Waals surface area contributed by atoms with Crippen LogP contribution in [0.4, 0.5) is 11.4 Å². The summed E-state index contributed by atoms with van der Waals surface area (Å²) in [6.07, 6.45) is 1.27. The third-order valence-corrected chi connectivity index (χ3v) is 4.24. The fourth-order valence-electron chi connectivity index (χ4n) is 3.00. The lowest BCUT2D eigenvalue weighted by Crippen LogP contribution is -2.16. The first-order chi connectivity index (χ1) is 13.5. The third kappa shape index (κ3) is 4.35. The molecule has 4 rings (SSSR count). The van der Waals surface area contributed by atoms with Crippen LogP contribution in [0.3, 0.4) is 0 Å². The molecule has 0 saturated heterocycles. The van der Waals surface area contributed by atoms with Crippen LogP contribution in [-0.2, 0) is 4.74 Å². The number of anilines is 2. The van der Waals surface area contributed by atoms with E-state index in [0.29, 0.717) is 41.6 Å². The Bertz CT molecular complexity index is 1060. The first-order valence-corrected chi connectivity index (χ1v) is 9.15. The van der Waals surface area contributed by atoms with E-state index in [1.54, 1.807) is 0 Å². The van der Waals surface area contributed by atoms with Crippen molar-refractivity contribution < 1.29 is 19.0 Å². The molecule has 0 amide bonds. The van der Waals surface area contributed by atoms with Gasteiger partial charge in [-0.15, -0.1) is 12.4 Å². The number of fused-ring (bicyclic) bond motifs is 2. The smallest absolute Gasteiger partial charge is 0.342 e. The third-order valence-electron chi connectivity index (χ3n) is 4.24. The number of aryl methyl sites for hydroxylation is 1. The summed E-state index contributed by atoms with van der Waals surface area (Å²) >= 11 is 0. The van der Waals surface area contributed by atoms with E-state index in [1.165, 1.54) is 6.20 Å². The van der Waals surface area contributed by atoms with Crippen molar-refractivity contribution in [2.24, 2.45) is 0 Å². The van der Waals surface area contributed by atoms with Crippen LogP contribution in [0.25, 0.3) is 11.0 Å². The number of benzene rings is 1. The fraction of sp³-hybridized carbons (Fsp3) is 0.286. The van der Waals surface area contributed by atoms with Gasteiger partial charge < -0.3 is 19.5 Å². The molecule has 0 unspecified atom stereocenters. The first-order valence-electron chi connectivity index (χ1n) is 9.15. The zero-order chi connectivity index (χ0) is 19.7. The van der Waals surface area contributed by atoms with Gasteiger partial charge in [-0.25, -0.2) is 14.8 Å². The van der Waals surface area contributed by atoms with E-state index in [2.05, 4.69) is 15.3 Å². The van der Waals surface area contributed by atoms with E-state index >= 15 is 0 Å². The Morgan fingerprint density at radius 1 is 1.14 bits per heavy atom. The monoisotopic (exact) mass is 415 g/mol. The number of hydrogen-bond donors (Lipinski definition) is 1. The molecule has 152 valence electrons. The summed E-state index contributed by atoms with van der Waals surface area (Å²) in [5.41, 5.74) is 3.11. The number of carbonyl (C=O) groups excluding carboxylic acids is 1. The lowest BCUT2D eigenvalue weighted by atomic mass is 10.1. The van der Waals surface area contributed by atoms with Crippen LogP contribution in [0.1, 0.15) is 29.9 Å². The largest absolute Gasteiger partial charge is 0.486 e. The second-order valence-electron chi connectivity index (χ2n) is 6.81. The molecule has 1 aliphatic rings. The van der Waals surface area contributed by atoms with E-state index in [9.17, 15) is 4.79 Å². The zero-order valence-corrected chi connectivity index (χ0v) is 17.2. The molecular weight excluding hydrogens is 394 g/mol. The van der Waals surface area contributed by atoms with E-state index in [1.807, 2.05) is 51.1 Å². The summed E-state index contributed by atoms with van der Waals surface area (Å²) in [5, 5.41) is 4.06. The molecule has 0 radical (unpaired) electrons. The number of carbonyl (C=O) groups is 1. The molecule has 1 N–H and O–H groups in total. The quantitative estimate of drug-likeness (QED) is 0.630. The Labute approximate surface area is 174 Å². The standard InChI is InChI=1S/C21H21N3O4.ClH/c1-12(2)28-21(25)16-11-22-20-15(6-4-13(3)23-20)19(16)24-14-5-7-17-18(10-14)27-9-8-26-17;/h4-7,10-12H,8-9H2,1-3H3,(H,22,23,24);1H. The number of aromatic nitrogens is 2. The second-order valence-corrected chi connectivity index (χ2v) is 6.81. The van der Waals surface area contributed by atoms with Crippen molar-refractivity contribution in [2.45, 2.75) is 26.9 Å². The lowest BCUT2D eigenvalue weighted by molar-refractivity contribution is 0.0379. The van der Waals surface area contributed by atoms with Gasteiger partial charge in [0.15, 0.2) is 17.1 Å². The van der Waals surface area contributed by atoms with Crippen LogP contribution in [-0.4, -0.2) is 35.3 Å². The predicted octanol–water partition coefficient (Wildman–Crippen LogP) is 4.44. The second kappa shape index (κ2) is 8.53. The first kappa shape index (κ1) is 20.7. The SMILES string of the molecule is Cc1ccc2c(Nc3ccc4c(c3)OCCO4)c(C(=O)OC(C)C)cnc2n1.Cl. The number of nitrogens with zero attached hydrogens (tertiary/aromatic N) is 2. The molecule has 3 aromatic rings. The summed E-state index contributed by atoms with van der Waals surface area (Å²) in [6, 6.07) is 9.35. The summed E-state index contributed by atoms with van der Waals surface area (Å²) in [5.74, 6) is 0.924. The van der Waals surface area contributed by atoms with E-state index < -0.39 is 5.97 Å². The van der Waals surface area contributed by atoms with Crippen LogP contribution in [0, 0.1) is 6.92 Å². The summed E-state index contributed by atoms with van der Waals surface area (Å²) in [4.78, 5) is 21.4. The maximum absolute atomic E-state index is 12.6. The van der Waals surface area contributed by atoms with Gasteiger partial charge in [0.25, 0.3) is 0 Å². The van der Waals surface area contributed by atoms with Gasteiger partial charge in [0.1, 0.15) is 18.8 Å². The molecule has 0 bridgehead atoms. The molecule has 3 heterocycles. The van der Waals surface area contributed by atoms with Gasteiger partial charge in [-0.05, 0) is 45.0 Å². The lowest BCUT2D eigenvalue weighted by Gasteiger charge is -2.20. The van der Waals surface area contributed by atoms with Crippen LogP contribution in [0.2, 0.25) is 0 Å². The highest BCUT2D eigenvalue weighted by atomic mass is 35.5. The zero-order valence-electron chi connectivity index (χ0n) is 16.4. The normalized spacial score (nSPS) is 12.4. The van der Waals surface area contributed by atoms with Crippen molar-refractivity contribution in [3.05, 3.63) is 47.8 Å². The predicted molar refractivity (Wildman–Crippen MR) is 113 cm³/mol. The highest BCUT2D eigenvalue weighted by molar-refractivity contribution is 6.05. The minimum Gasteiger partial charge on any atom is -0.486 e. The molecule has 0 atom stereocenters. The molecule has 0 spiro atoms. The Kier molecular flexibility index (Phi) is 6.08. The van der Waals surface area contributed by atoms with Crippen LogP contribution in [0.15, 0.2) is 36.5 Å². The average Bonchev–Trinajstić information content (AvgIpc) is 2.67. The van der Waals surface area contributed by atoms with Gasteiger partial charge >= 0.3 is 5.97 Å². The molecule has 0 aliphatic carbocycles. The minimum absolute atomic E-state index is 0. The Hall–Kier alpha value is -3.06. The molecular formula is C21H22ClN3O4. The van der Waals surface area contributed by atoms with E-state index in [-0.39, 0.29) is 18.5 Å². The molecule has 7 nitrogen and oxygen atoms in total. The van der Waals surface area contributed by atoms with Gasteiger partial charge in [-0.2, -0.15) is 0 Å². The van der Waals surface area contributed by atoms with Gasteiger partial charge in [0.05, 0.1) is 11.8 Å². The fourth-order valence-corrected chi connectivity index (χ4v) is 3.00. The van der Waals surface area contributed by atoms with Gasteiger partial charge in [0, 0.05) is 29.0 Å². The van der Waals surface area contributed by atoms with Crippen LogP contribution >= 0.6 is 12.4 Å². The summed E-state index contributed by atoms with van der Waals surface area (Å²) < 4.78 is 16.6. The average molecular weight is 416 g/mol. The maximum atomic E-state index is 12.6. The Morgan fingerprint density at radius 2 is 1.90 bits per heavy atom. The molecule has 1 aromatic carbocycles. The number of halogens is 1. The number of ether oxygens (including phenoxy) is 3. The van der Waals surface area contributed by atoms with Crippen molar-refractivity contribution in [1.82, 2.24) is 9.97 Å². The Morgan fingerprint density at radius 3 is 2.66 bits per heavy atom. The number of pyridine rings is 2. The van der Waals surface area contributed by atoms with Gasteiger partial charge in [-0.1, -0.05) is 0 Å². The molecule has 8 heteroatoms. The number of esters is 1. The van der Waals surface area contributed by atoms with E-state index in [4.69, 9.17) is 14.2 Å². The molecule has 29 heavy (non-hydrogen) atoms. The maximum Gasteiger partial charge on any atom is 0.342 e. The van der Waals surface area contributed by atoms with Crippen molar-refractivity contribution >= 4 is 40.8 Å². The summed E-state index contributed by atoms with van der Waals surface area (Å²) in [7, 11) is 0. The van der Waals surface area contributed by atoms with Gasteiger partial charge in [-0.3, -0.25) is 0 Å². The minimum atomic E-state index is -0.440. The Balaban J connectivity index is 0.00000240. The van der Waals surface area contributed by atoms with E-state index in [0.717, 1.165) is 16.8 Å². The summed E-state index contributed by atoms with van der Waals surface area (Å²) in [6.45, 7) is 6.56. The molecule has 2 aromatic heterocycles. The number of nitrogens with one attached hydrogen (secondary N) is 1. The molecule has 0 saturated carbocycles. The van der Waals surface area contributed by atoms with Crippen molar-refractivity contribution in [3.8, 4) is 11.5 Å². The number of rotatable bonds is 4. The molecule has 0 fully saturated rings. The highest BCUT2D eigenvalue weighted by Gasteiger charge is 2.20. The highest BCUT2D eigenvalue weighted by Crippen LogP contribution is 2.35. The van der Waals surface area contributed by atoms with Crippen molar-refractivity contribution in [2.75, 3.05) is 18.5 Å². The topological polar surface area (TPSA) is 82.6 Å². The number of hydrogen-bond acceptors (Lipinski definition) is 7. The van der Waals surface area contributed by atoms with Crippen LogP contribution < -0.4 is 14.8 Å². The van der Waals surface area contributed by atoms with Gasteiger partial charge in [0.2, 0.25) is 0 Å². The van der Waals surface area contributed by atoms with Crippen LogP contribution in [0.5, 0.6) is 11.5 Å². The van der Waals surface area contributed by atoms with Crippen molar-refractivity contribution in [1.29, 1.82) is 0 Å².